The highest BCUT2D eigenvalue weighted by Crippen LogP contribution is 2.45. The summed E-state index contributed by atoms with van der Waals surface area (Å²) in [7, 11) is 1.94. The van der Waals surface area contributed by atoms with Gasteiger partial charge in [-0.25, -0.2) is 4.98 Å². The summed E-state index contributed by atoms with van der Waals surface area (Å²) in [5, 5.41) is 10.3. The molecule has 124 valence electrons. The molecule has 0 aliphatic heterocycles. The molecule has 0 spiro atoms. The predicted octanol–water partition coefficient (Wildman–Crippen LogP) is 2.62. The number of rotatable bonds is 4. The van der Waals surface area contributed by atoms with Crippen LogP contribution < -0.4 is 5.73 Å². The summed E-state index contributed by atoms with van der Waals surface area (Å²) in [6, 6.07) is 4.71. The standard InChI is InChI=1S/C18H22N6/c1-23-18-13(9-20-23)4-5-16(21-18)15-10-24(14-6-11(7-14)8-19)22-17(15)12-2-3-12/h4-5,9-12,14H,2-3,6-8,19H2,1H3/t11-,14-. The summed E-state index contributed by atoms with van der Waals surface area (Å²) in [4.78, 5) is 4.85. The van der Waals surface area contributed by atoms with Gasteiger partial charge in [-0.15, -0.1) is 0 Å². The Bertz CT molecular complexity index is 898. The molecule has 0 bridgehead atoms. The third-order valence-corrected chi connectivity index (χ3v) is 5.50. The first-order valence-electron chi connectivity index (χ1n) is 8.81. The number of hydrogen-bond donors (Lipinski definition) is 1. The fraction of sp³-hybridized carbons (Fsp3) is 0.500. The van der Waals surface area contributed by atoms with Crippen molar-refractivity contribution in [1.82, 2.24) is 24.5 Å². The Hall–Kier alpha value is -2.21. The molecule has 24 heavy (non-hydrogen) atoms. The summed E-state index contributed by atoms with van der Waals surface area (Å²) in [6.07, 6.45) is 8.85. The van der Waals surface area contributed by atoms with Crippen LogP contribution >= 0.6 is 0 Å². The average Bonchev–Trinajstić information content (AvgIpc) is 3.21. The summed E-state index contributed by atoms with van der Waals surface area (Å²) in [5.74, 6) is 1.27. The molecule has 2 saturated carbocycles. The van der Waals surface area contributed by atoms with E-state index in [0.717, 1.165) is 36.1 Å². The second kappa shape index (κ2) is 5.14. The van der Waals surface area contributed by atoms with Gasteiger partial charge in [0.05, 0.1) is 23.6 Å². The van der Waals surface area contributed by atoms with Gasteiger partial charge in [-0.05, 0) is 50.3 Å². The maximum absolute atomic E-state index is 5.77. The van der Waals surface area contributed by atoms with Gasteiger partial charge in [-0.1, -0.05) is 0 Å². The average molecular weight is 322 g/mol. The smallest absolute Gasteiger partial charge is 0.158 e. The number of hydrogen-bond acceptors (Lipinski definition) is 4. The van der Waals surface area contributed by atoms with E-state index < -0.39 is 0 Å². The van der Waals surface area contributed by atoms with Gasteiger partial charge >= 0.3 is 0 Å². The topological polar surface area (TPSA) is 74.5 Å². The van der Waals surface area contributed by atoms with Crippen LogP contribution in [0.25, 0.3) is 22.3 Å². The van der Waals surface area contributed by atoms with Crippen molar-refractivity contribution in [1.29, 1.82) is 0 Å². The maximum Gasteiger partial charge on any atom is 0.158 e. The maximum atomic E-state index is 5.77. The molecule has 2 fully saturated rings. The monoisotopic (exact) mass is 322 g/mol. The van der Waals surface area contributed by atoms with Crippen LogP contribution in [0.4, 0.5) is 0 Å². The molecule has 3 aromatic heterocycles. The van der Waals surface area contributed by atoms with Crippen molar-refractivity contribution in [3.63, 3.8) is 0 Å². The van der Waals surface area contributed by atoms with Crippen molar-refractivity contribution in [2.24, 2.45) is 18.7 Å². The Morgan fingerprint density at radius 2 is 2.08 bits per heavy atom. The zero-order valence-corrected chi connectivity index (χ0v) is 13.9. The molecule has 3 aromatic rings. The normalized spacial score (nSPS) is 23.6. The van der Waals surface area contributed by atoms with Gasteiger partial charge in [0.15, 0.2) is 5.65 Å². The molecule has 2 aliphatic rings. The molecule has 0 unspecified atom stereocenters. The fourth-order valence-corrected chi connectivity index (χ4v) is 3.73. The van der Waals surface area contributed by atoms with Crippen LogP contribution in [0.2, 0.25) is 0 Å². The van der Waals surface area contributed by atoms with Gasteiger partial charge in [-0.3, -0.25) is 9.36 Å². The molecule has 3 heterocycles. The summed E-state index contributed by atoms with van der Waals surface area (Å²) < 4.78 is 4.00. The molecule has 2 aliphatic carbocycles. The zero-order valence-electron chi connectivity index (χ0n) is 13.9. The van der Waals surface area contributed by atoms with Crippen LogP contribution in [0.5, 0.6) is 0 Å². The first-order valence-corrected chi connectivity index (χ1v) is 8.81. The molecule has 0 aromatic carbocycles. The lowest BCUT2D eigenvalue weighted by Gasteiger charge is -2.34. The van der Waals surface area contributed by atoms with E-state index in [4.69, 9.17) is 15.8 Å². The SMILES string of the molecule is Cn1ncc2ccc(-c3cn([C@H]4C[C@H](CN)C4)nc3C3CC3)nc21. The molecule has 5 rings (SSSR count). The molecule has 6 heteroatoms. The number of aryl methyl sites for hydroxylation is 1. The van der Waals surface area contributed by atoms with Crippen molar-refractivity contribution in [2.45, 2.75) is 37.6 Å². The number of aromatic nitrogens is 5. The minimum absolute atomic E-state index is 0.505. The van der Waals surface area contributed by atoms with Crippen LogP contribution in [-0.4, -0.2) is 31.1 Å². The molecule has 0 radical (unpaired) electrons. The van der Waals surface area contributed by atoms with Gasteiger partial charge in [0.25, 0.3) is 0 Å². The third kappa shape index (κ3) is 2.17. The van der Waals surface area contributed by atoms with Gasteiger partial charge < -0.3 is 5.73 Å². The van der Waals surface area contributed by atoms with E-state index in [2.05, 4.69) is 28.1 Å². The van der Waals surface area contributed by atoms with Gasteiger partial charge in [0.2, 0.25) is 0 Å². The number of nitrogens with zero attached hydrogens (tertiary/aromatic N) is 5. The highest BCUT2D eigenvalue weighted by molar-refractivity contribution is 5.78. The molecule has 0 atom stereocenters. The van der Waals surface area contributed by atoms with Crippen LogP contribution in [-0.2, 0) is 7.05 Å². The molecule has 0 saturated heterocycles. The number of nitrogens with two attached hydrogens (primary N) is 1. The Kier molecular flexibility index (Phi) is 3.03. The second-order valence-electron chi connectivity index (χ2n) is 7.29. The second-order valence-corrected chi connectivity index (χ2v) is 7.29. The molecular formula is C18H22N6. The summed E-state index contributed by atoms with van der Waals surface area (Å²) in [5.41, 5.74) is 10.1. The third-order valence-electron chi connectivity index (χ3n) is 5.50. The highest BCUT2D eigenvalue weighted by Gasteiger charge is 2.34. The van der Waals surface area contributed by atoms with E-state index in [0.29, 0.717) is 17.9 Å². The fourth-order valence-electron chi connectivity index (χ4n) is 3.73. The molecule has 6 nitrogen and oxygen atoms in total. The van der Waals surface area contributed by atoms with Crippen LogP contribution in [0.3, 0.4) is 0 Å². The largest absolute Gasteiger partial charge is 0.330 e. The van der Waals surface area contributed by atoms with E-state index in [1.54, 1.807) is 0 Å². The van der Waals surface area contributed by atoms with E-state index in [9.17, 15) is 0 Å². The minimum Gasteiger partial charge on any atom is -0.330 e. The van der Waals surface area contributed by atoms with Crippen LogP contribution in [0, 0.1) is 5.92 Å². The van der Waals surface area contributed by atoms with Crippen molar-refractivity contribution >= 4 is 11.0 Å². The van der Waals surface area contributed by atoms with E-state index in [-0.39, 0.29) is 0 Å². The lowest BCUT2D eigenvalue weighted by atomic mass is 9.80. The van der Waals surface area contributed by atoms with Crippen molar-refractivity contribution in [2.75, 3.05) is 6.54 Å². The quantitative estimate of drug-likeness (QED) is 0.801. The number of fused-ring (bicyclic) bond motifs is 1. The van der Waals surface area contributed by atoms with Crippen molar-refractivity contribution < 1.29 is 0 Å². The van der Waals surface area contributed by atoms with E-state index >= 15 is 0 Å². The molecule has 2 N–H and O–H groups in total. The Balaban J connectivity index is 1.55. The lowest BCUT2D eigenvalue weighted by molar-refractivity contribution is 0.189. The van der Waals surface area contributed by atoms with Crippen molar-refractivity contribution in [3.05, 3.63) is 30.2 Å². The highest BCUT2D eigenvalue weighted by atomic mass is 15.3. The van der Waals surface area contributed by atoms with Gasteiger partial charge in [-0.2, -0.15) is 10.2 Å². The first kappa shape index (κ1) is 14.2. The van der Waals surface area contributed by atoms with Crippen LogP contribution in [0.1, 0.15) is 43.3 Å². The summed E-state index contributed by atoms with van der Waals surface area (Å²) in [6.45, 7) is 0.790. The van der Waals surface area contributed by atoms with E-state index in [1.165, 1.54) is 24.1 Å². The zero-order chi connectivity index (χ0) is 16.3. The van der Waals surface area contributed by atoms with Gasteiger partial charge in [0, 0.05) is 30.1 Å². The molecule has 0 amide bonds. The van der Waals surface area contributed by atoms with Crippen molar-refractivity contribution in [3.8, 4) is 11.3 Å². The predicted molar refractivity (Wildman–Crippen MR) is 92.5 cm³/mol. The van der Waals surface area contributed by atoms with E-state index in [1.807, 2.05) is 17.9 Å². The number of pyridine rings is 1. The summed E-state index contributed by atoms with van der Waals surface area (Å²) >= 11 is 0. The van der Waals surface area contributed by atoms with Gasteiger partial charge in [0.1, 0.15) is 0 Å². The Morgan fingerprint density at radius 3 is 2.83 bits per heavy atom. The lowest BCUT2D eigenvalue weighted by Crippen LogP contribution is -2.32. The molecular weight excluding hydrogens is 300 g/mol. The van der Waals surface area contributed by atoms with Crippen LogP contribution in [0.15, 0.2) is 24.5 Å². The Labute approximate surface area is 140 Å². The first-order chi connectivity index (χ1) is 11.7. The minimum atomic E-state index is 0.505. The Morgan fingerprint density at radius 1 is 1.25 bits per heavy atom.